The van der Waals surface area contributed by atoms with Crippen LogP contribution in [0.15, 0.2) is 30.5 Å². The molecule has 2 unspecified atom stereocenters. The number of pyridine rings is 1. The van der Waals surface area contributed by atoms with E-state index in [0.29, 0.717) is 6.61 Å². The van der Waals surface area contributed by atoms with E-state index in [9.17, 15) is 4.79 Å². The van der Waals surface area contributed by atoms with Gasteiger partial charge in [-0.1, -0.05) is 19.1 Å². The topological polar surface area (TPSA) is 63.7 Å². The Morgan fingerprint density at radius 1 is 1.40 bits per heavy atom. The molecule has 0 bridgehead atoms. The highest BCUT2D eigenvalue weighted by Gasteiger charge is 2.35. The molecule has 1 aromatic heterocycles. The molecule has 0 aliphatic carbocycles. The van der Waals surface area contributed by atoms with Gasteiger partial charge in [0.15, 0.2) is 0 Å². The van der Waals surface area contributed by atoms with Crippen molar-refractivity contribution in [1.82, 2.24) is 10.3 Å². The Hall–Kier alpha value is -2.34. The SMILES string of the molecule is CCCOc1cccc2c(N3CCC4OCC(=O)NC4C3)ccnc12. The number of carbonyl (C=O) groups is 1. The van der Waals surface area contributed by atoms with Gasteiger partial charge < -0.3 is 19.7 Å². The van der Waals surface area contributed by atoms with E-state index in [0.717, 1.165) is 48.3 Å². The van der Waals surface area contributed by atoms with Crippen molar-refractivity contribution >= 4 is 22.5 Å². The Kier molecular flexibility index (Phi) is 4.44. The van der Waals surface area contributed by atoms with E-state index in [2.05, 4.69) is 28.2 Å². The first-order valence-electron chi connectivity index (χ1n) is 8.92. The molecular formula is C19H23N3O3. The third-order valence-electron chi connectivity index (χ3n) is 4.84. The third kappa shape index (κ3) is 3.14. The van der Waals surface area contributed by atoms with Gasteiger partial charge >= 0.3 is 0 Å². The number of morpholine rings is 1. The highest BCUT2D eigenvalue weighted by Crippen LogP contribution is 2.33. The maximum Gasteiger partial charge on any atom is 0.246 e. The number of benzene rings is 1. The molecule has 132 valence electrons. The molecule has 2 atom stereocenters. The first kappa shape index (κ1) is 16.1. The number of ether oxygens (including phenoxy) is 2. The van der Waals surface area contributed by atoms with Crippen LogP contribution < -0.4 is 15.0 Å². The fourth-order valence-electron chi connectivity index (χ4n) is 3.66. The van der Waals surface area contributed by atoms with Crippen LogP contribution in [0.2, 0.25) is 0 Å². The Morgan fingerprint density at radius 2 is 2.32 bits per heavy atom. The van der Waals surface area contributed by atoms with Gasteiger partial charge in [0.05, 0.1) is 18.8 Å². The molecular weight excluding hydrogens is 318 g/mol. The van der Waals surface area contributed by atoms with Crippen LogP contribution in [0.25, 0.3) is 10.9 Å². The number of nitrogens with one attached hydrogen (secondary N) is 1. The van der Waals surface area contributed by atoms with E-state index >= 15 is 0 Å². The summed E-state index contributed by atoms with van der Waals surface area (Å²) in [6.07, 6.45) is 3.81. The highest BCUT2D eigenvalue weighted by atomic mass is 16.5. The molecule has 6 nitrogen and oxygen atoms in total. The van der Waals surface area contributed by atoms with Gasteiger partial charge in [0.1, 0.15) is 17.9 Å². The number of hydrogen-bond donors (Lipinski definition) is 1. The van der Waals surface area contributed by atoms with Crippen molar-refractivity contribution in [2.45, 2.75) is 31.9 Å². The number of hydrogen-bond acceptors (Lipinski definition) is 5. The molecule has 1 amide bonds. The van der Waals surface area contributed by atoms with Gasteiger partial charge in [-0.05, 0) is 25.0 Å². The van der Waals surface area contributed by atoms with E-state index in [1.807, 2.05) is 24.4 Å². The van der Waals surface area contributed by atoms with Gasteiger partial charge in [0, 0.05) is 30.4 Å². The molecule has 2 saturated heterocycles. The van der Waals surface area contributed by atoms with E-state index in [4.69, 9.17) is 9.47 Å². The van der Waals surface area contributed by atoms with Gasteiger partial charge in [-0.25, -0.2) is 0 Å². The van der Waals surface area contributed by atoms with Gasteiger partial charge in [-0.3, -0.25) is 9.78 Å². The molecule has 2 fully saturated rings. The molecule has 6 heteroatoms. The van der Waals surface area contributed by atoms with Gasteiger partial charge in [0.2, 0.25) is 5.91 Å². The third-order valence-corrected chi connectivity index (χ3v) is 4.84. The van der Waals surface area contributed by atoms with Crippen LogP contribution in [0, 0.1) is 0 Å². The predicted molar refractivity (Wildman–Crippen MR) is 96.0 cm³/mol. The lowest BCUT2D eigenvalue weighted by atomic mass is 9.99. The summed E-state index contributed by atoms with van der Waals surface area (Å²) in [6, 6.07) is 8.14. The van der Waals surface area contributed by atoms with Crippen molar-refractivity contribution < 1.29 is 14.3 Å². The Labute approximate surface area is 147 Å². The quantitative estimate of drug-likeness (QED) is 0.923. The number of carbonyl (C=O) groups excluding carboxylic acids is 1. The maximum atomic E-state index is 11.6. The number of nitrogens with zero attached hydrogens (tertiary/aromatic N) is 2. The molecule has 2 aromatic rings. The van der Waals surface area contributed by atoms with Crippen molar-refractivity contribution in [3.63, 3.8) is 0 Å². The predicted octanol–water partition coefficient (Wildman–Crippen LogP) is 2.12. The molecule has 1 aromatic carbocycles. The van der Waals surface area contributed by atoms with Crippen molar-refractivity contribution in [2.24, 2.45) is 0 Å². The number of amides is 1. The average molecular weight is 341 g/mol. The minimum Gasteiger partial charge on any atom is -0.491 e. The summed E-state index contributed by atoms with van der Waals surface area (Å²) in [5.74, 6) is 0.795. The number of fused-ring (bicyclic) bond motifs is 2. The summed E-state index contributed by atoms with van der Waals surface area (Å²) >= 11 is 0. The summed E-state index contributed by atoms with van der Waals surface area (Å²) < 4.78 is 11.5. The first-order valence-corrected chi connectivity index (χ1v) is 8.92. The minimum atomic E-state index is -0.0297. The van der Waals surface area contributed by atoms with Gasteiger partial charge in [-0.2, -0.15) is 0 Å². The second kappa shape index (κ2) is 6.88. The summed E-state index contributed by atoms with van der Waals surface area (Å²) in [4.78, 5) is 18.5. The fraction of sp³-hybridized carbons (Fsp3) is 0.474. The Bertz CT molecular complexity index is 780. The van der Waals surface area contributed by atoms with Crippen LogP contribution >= 0.6 is 0 Å². The van der Waals surface area contributed by atoms with Crippen molar-refractivity contribution in [2.75, 3.05) is 31.2 Å². The van der Waals surface area contributed by atoms with Crippen LogP contribution in [0.5, 0.6) is 5.75 Å². The summed E-state index contributed by atoms with van der Waals surface area (Å²) in [7, 11) is 0. The molecule has 2 aliphatic rings. The number of rotatable bonds is 4. The van der Waals surface area contributed by atoms with Crippen molar-refractivity contribution in [3.8, 4) is 5.75 Å². The Morgan fingerprint density at radius 3 is 3.20 bits per heavy atom. The van der Waals surface area contributed by atoms with Crippen molar-refractivity contribution in [3.05, 3.63) is 30.5 Å². The second-order valence-electron chi connectivity index (χ2n) is 6.59. The number of piperidine rings is 1. The summed E-state index contributed by atoms with van der Waals surface area (Å²) in [5.41, 5.74) is 2.02. The van der Waals surface area contributed by atoms with Crippen LogP contribution in [0.4, 0.5) is 5.69 Å². The monoisotopic (exact) mass is 341 g/mol. The van der Waals surface area contributed by atoms with Crippen LogP contribution in [-0.4, -0.2) is 49.3 Å². The van der Waals surface area contributed by atoms with E-state index in [-0.39, 0.29) is 24.7 Å². The lowest BCUT2D eigenvalue weighted by Gasteiger charge is -2.42. The number of aromatic nitrogens is 1. The highest BCUT2D eigenvalue weighted by molar-refractivity contribution is 5.95. The zero-order chi connectivity index (χ0) is 17.2. The molecule has 1 N–H and O–H groups in total. The molecule has 4 rings (SSSR count). The van der Waals surface area contributed by atoms with Crippen LogP contribution in [-0.2, 0) is 9.53 Å². The number of para-hydroxylation sites is 1. The van der Waals surface area contributed by atoms with Gasteiger partial charge in [0.25, 0.3) is 0 Å². The zero-order valence-electron chi connectivity index (χ0n) is 14.4. The van der Waals surface area contributed by atoms with Crippen molar-refractivity contribution in [1.29, 1.82) is 0 Å². The number of anilines is 1. The van der Waals surface area contributed by atoms with Crippen LogP contribution in [0.3, 0.4) is 0 Å². The largest absolute Gasteiger partial charge is 0.491 e. The van der Waals surface area contributed by atoms with E-state index in [1.54, 1.807) is 0 Å². The average Bonchev–Trinajstić information content (AvgIpc) is 2.65. The standard InChI is InChI=1S/C19H23N3O3/c1-2-10-24-17-5-3-4-13-15(6-8-20-19(13)17)22-9-7-16-14(11-22)21-18(23)12-25-16/h3-6,8,14,16H,2,7,9-12H2,1H3,(H,21,23). The van der Waals surface area contributed by atoms with Gasteiger partial charge in [-0.15, -0.1) is 0 Å². The lowest BCUT2D eigenvalue weighted by Crippen LogP contribution is -2.60. The Balaban J connectivity index is 1.64. The second-order valence-corrected chi connectivity index (χ2v) is 6.59. The zero-order valence-corrected chi connectivity index (χ0v) is 14.4. The lowest BCUT2D eigenvalue weighted by molar-refractivity contribution is -0.137. The van der Waals surface area contributed by atoms with Crippen LogP contribution in [0.1, 0.15) is 19.8 Å². The molecule has 0 radical (unpaired) electrons. The van der Waals surface area contributed by atoms with E-state index in [1.165, 1.54) is 0 Å². The molecule has 0 saturated carbocycles. The van der Waals surface area contributed by atoms with E-state index < -0.39 is 0 Å². The normalized spacial score (nSPS) is 23.2. The summed E-state index contributed by atoms with van der Waals surface area (Å²) in [6.45, 7) is 4.60. The molecule has 0 spiro atoms. The fourth-order valence-corrected chi connectivity index (χ4v) is 3.66. The molecule has 3 heterocycles. The first-order chi connectivity index (χ1) is 12.3. The summed E-state index contributed by atoms with van der Waals surface area (Å²) in [5, 5.41) is 4.14. The smallest absolute Gasteiger partial charge is 0.246 e. The minimum absolute atomic E-state index is 0.0297. The maximum absolute atomic E-state index is 11.6. The molecule has 2 aliphatic heterocycles. The molecule has 25 heavy (non-hydrogen) atoms.